The highest BCUT2D eigenvalue weighted by Crippen LogP contribution is 2.15. The van der Waals surface area contributed by atoms with Crippen molar-refractivity contribution in [2.24, 2.45) is 5.92 Å². The lowest BCUT2D eigenvalue weighted by Crippen LogP contribution is -2.12. The van der Waals surface area contributed by atoms with Crippen LogP contribution in [0, 0.1) is 18.7 Å². The highest BCUT2D eigenvalue weighted by atomic mass is 19.1. The van der Waals surface area contributed by atoms with Crippen LogP contribution in [0.3, 0.4) is 0 Å². The average Bonchev–Trinajstić information content (AvgIpc) is 2.24. The maximum absolute atomic E-state index is 13.2. The molecule has 84 valence electrons. The number of halogens is 1. The van der Waals surface area contributed by atoms with E-state index in [9.17, 15) is 4.39 Å². The van der Waals surface area contributed by atoms with Gasteiger partial charge in [0.15, 0.2) is 0 Å². The summed E-state index contributed by atoms with van der Waals surface area (Å²) in [5, 5.41) is 3.27. The lowest BCUT2D eigenvalue weighted by atomic mass is 10.0. The summed E-state index contributed by atoms with van der Waals surface area (Å²) in [5.41, 5.74) is 1.58. The van der Waals surface area contributed by atoms with E-state index >= 15 is 0 Å². The quantitative estimate of drug-likeness (QED) is 0.773. The number of nitrogens with one attached hydrogen (secondary N) is 1. The zero-order valence-corrected chi connectivity index (χ0v) is 9.81. The van der Waals surface area contributed by atoms with E-state index in [1.165, 1.54) is 0 Å². The molecule has 0 amide bonds. The van der Waals surface area contributed by atoms with Crippen LogP contribution in [0.15, 0.2) is 18.2 Å². The highest BCUT2D eigenvalue weighted by Gasteiger charge is 2.03. The van der Waals surface area contributed by atoms with Crippen LogP contribution in [0.1, 0.15) is 32.3 Å². The first-order chi connectivity index (χ1) is 7.17. The van der Waals surface area contributed by atoms with Gasteiger partial charge in [-0.15, -0.1) is 0 Å². The molecule has 0 aliphatic carbocycles. The normalized spacial score (nSPS) is 10.7. The molecule has 0 atom stereocenters. The Labute approximate surface area is 91.7 Å². The van der Waals surface area contributed by atoms with Crippen LogP contribution in [-0.4, -0.2) is 6.54 Å². The first-order valence-corrected chi connectivity index (χ1v) is 5.67. The molecule has 0 aliphatic heterocycles. The van der Waals surface area contributed by atoms with Gasteiger partial charge in [-0.1, -0.05) is 32.8 Å². The summed E-state index contributed by atoms with van der Waals surface area (Å²) >= 11 is 0. The molecular weight excluding hydrogens is 189 g/mol. The maximum atomic E-state index is 13.2. The van der Waals surface area contributed by atoms with Crippen molar-refractivity contribution >= 4 is 5.69 Å². The van der Waals surface area contributed by atoms with E-state index in [0.717, 1.165) is 25.1 Å². The fourth-order valence-electron chi connectivity index (χ4n) is 1.54. The number of aryl methyl sites for hydroxylation is 1. The number of hydrogen-bond donors (Lipinski definition) is 1. The summed E-state index contributed by atoms with van der Waals surface area (Å²) in [6.45, 7) is 7.08. The molecule has 0 aromatic heterocycles. The molecular formula is C13H20FN. The van der Waals surface area contributed by atoms with Gasteiger partial charge >= 0.3 is 0 Å². The minimum Gasteiger partial charge on any atom is -0.385 e. The van der Waals surface area contributed by atoms with Crippen molar-refractivity contribution in [2.45, 2.75) is 33.6 Å². The molecule has 1 nitrogen and oxygen atoms in total. The molecule has 2 heteroatoms. The van der Waals surface area contributed by atoms with Gasteiger partial charge in [0.1, 0.15) is 5.82 Å². The summed E-state index contributed by atoms with van der Waals surface area (Å²) in [4.78, 5) is 0. The Morgan fingerprint density at radius 2 is 1.93 bits per heavy atom. The lowest BCUT2D eigenvalue weighted by molar-refractivity contribution is 0.519. The van der Waals surface area contributed by atoms with Gasteiger partial charge in [0.25, 0.3) is 0 Å². The third-order valence-electron chi connectivity index (χ3n) is 2.92. The molecule has 1 aromatic carbocycles. The standard InChI is InChI=1S/C13H20FN/c1-4-11(5-2)9-15-12-7-6-10(3)13(14)8-12/h6-8,11,15H,4-5,9H2,1-3H3. The second kappa shape index (κ2) is 5.74. The van der Waals surface area contributed by atoms with Crippen molar-refractivity contribution in [3.05, 3.63) is 29.6 Å². The number of rotatable bonds is 5. The van der Waals surface area contributed by atoms with Gasteiger partial charge in [0.2, 0.25) is 0 Å². The zero-order valence-electron chi connectivity index (χ0n) is 9.81. The Morgan fingerprint density at radius 1 is 1.27 bits per heavy atom. The van der Waals surface area contributed by atoms with Crippen molar-refractivity contribution in [1.29, 1.82) is 0 Å². The van der Waals surface area contributed by atoms with Gasteiger partial charge < -0.3 is 5.32 Å². The van der Waals surface area contributed by atoms with E-state index in [0.29, 0.717) is 11.5 Å². The largest absolute Gasteiger partial charge is 0.385 e. The Morgan fingerprint density at radius 3 is 2.47 bits per heavy atom. The molecule has 1 N–H and O–H groups in total. The van der Waals surface area contributed by atoms with Crippen LogP contribution >= 0.6 is 0 Å². The second-order valence-corrected chi connectivity index (χ2v) is 4.03. The number of benzene rings is 1. The van der Waals surface area contributed by atoms with E-state index in [4.69, 9.17) is 0 Å². The van der Waals surface area contributed by atoms with Gasteiger partial charge in [0.05, 0.1) is 0 Å². The summed E-state index contributed by atoms with van der Waals surface area (Å²) in [6, 6.07) is 5.31. The van der Waals surface area contributed by atoms with Gasteiger partial charge in [0, 0.05) is 12.2 Å². The molecule has 0 saturated carbocycles. The first kappa shape index (κ1) is 12.0. The molecule has 0 spiro atoms. The van der Waals surface area contributed by atoms with E-state index in [1.54, 1.807) is 13.0 Å². The number of hydrogen-bond acceptors (Lipinski definition) is 1. The van der Waals surface area contributed by atoms with Crippen LogP contribution < -0.4 is 5.32 Å². The molecule has 1 rings (SSSR count). The number of anilines is 1. The third-order valence-corrected chi connectivity index (χ3v) is 2.92. The fourth-order valence-corrected chi connectivity index (χ4v) is 1.54. The van der Waals surface area contributed by atoms with Gasteiger partial charge in [-0.2, -0.15) is 0 Å². The van der Waals surface area contributed by atoms with E-state index in [-0.39, 0.29) is 5.82 Å². The Bertz CT molecular complexity index is 305. The third kappa shape index (κ3) is 3.54. The second-order valence-electron chi connectivity index (χ2n) is 4.03. The van der Waals surface area contributed by atoms with Crippen molar-refractivity contribution < 1.29 is 4.39 Å². The van der Waals surface area contributed by atoms with E-state index in [2.05, 4.69) is 19.2 Å². The molecule has 0 bridgehead atoms. The van der Waals surface area contributed by atoms with Crippen LogP contribution in [0.5, 0.6) is 0 Å². The van der Waals surface area contributed by atoms with Gasteiger partial charge in [-0.25, -0.2) is 4.39 Å². The van der Waals surface area contributed by atoms with Crippen molar-refractivity contribution in [3.8, 4) is 0 Å². The van der Waals surface area contributed by atoms with Crippen molar-refractivity contribution in [1.82, 2.24) is 0 Å². The van der Waals surface area contributed by atoms with Crippen LogP contribution in [0.4, 0.5) is 10.1 Å². The summed E-state index contributed by atoms with van der Waals surface area (Å²) in [7, 11) is 0. The molecule has 0 heterocycles. The molecule has 0 aliphatic rings. The van der Waals surface area contributed by atoms with Crippen molar-refractivity contribution in [2.75, 3.05) is 11.9 Å². The van der Waals surface area contributed by atoms with Gasteiger partial charge in [-0.05, 0) is 30.5 Å². The summed E-state index contributed by atoms with van der Waals surface area (Å²) in [5.74, 6) is 0.541. The summed E-state index contributed by atoms with van der Waals surface area (Å²) < 4.78 is 13.2. The Balaban J connectivity index is 2.54. The van der Waals surface area contributed by atoms with Gasteiger partial charge in [-0.3, -0.25) is 0 Å². The highest BCUT2D eigenvalue weighted by molar-refractivity contribution is 5.45. The minimum absolute atomic E-state index is 0.135. The SMILES string of the molecule is CCC(CC)CNc1ccc(C)c(F)c1. The minimum atomic E-state index is -0.135. The fraction of sp³-hybridized carbons (Fsp3) is 0.538. The molecule has 0 fully saturated rings. The smallest absolute Gasteiger partial charge is 0.128 e. The molecule has 0 saturated heterocycles. The Kier molecular flexibility index (Phi) is 4.60. The zero-order chi connectivity index (χ0) is 11.3. The molecule has 0 radical (unpaired) electrons. The van der Waals surface area contributed by atoms with Crippen LogP contribution in [-0.2, 0) is 0 Å². The van der Waals surface area contributed by atoms with Crippen molar-refractivity contribution in [3.63, 3.8) is 0 Å². The molecule has 1 aromatic rings. The predicted molar refractivity (Wildman–Crippen MR) is 63.7 cm³/mol. The monoisotopic (exact) mass is 209 g/mol. The topological polar surface area (TPSA) is 12.0 Å². The van der Waals surface area contributed by atoms with Crippen LogP contribution in [0.2, 0.25) is 0 Å². The predicted octanol–water partition coefficient (Wildman–Crippen LogP) is 3.98. The lowest BCUT2D eigenvalue weighted by Gasteiger charge is -2.14. The average molecular weight is 209 g/mol. The molecule has 15 heavy (non-hydrogen) atoms. The first-order valence-electron chi connectivity index (χ1n) is 5.67. The van der Waals surface area contributed by atoms with E-state index in [1.807, 2.05) is 12.1 Å². The summed E-state index contributed by atoms with van der Waals surface area (Å²) in [6.07, 6.45) is 2.33. The Hall–Kier alpha value is -1.05. The maximum Gasteiger partial charge on any atom is 0.128 e. The van der Waals surface area contributed by atoms with Crippen LogP contribution in [0.25, 0.3) is 0 Å². The van der Waals surface area contributed by atoms with E-state index < -0.39 is 0 Å². The molecule has 0 unspecified atom stereocenters.